The van der Waals surface area contributed by atoms with Crippen molar-refractivity contribution in [2.24, 2.45) is 28.6 Å². The van der Waals surface area contributed by atoms with Crippen molar-refractivity contribution in [3.05, 3.63) is 23.8 Å². The average molecular weight is 331 g/mol. The van der Waals surface area contributed by atoms with Gasteiger partial charge in [-0.25, -0.2) is 0 Å². The predicted octanol–water partition coefficient (Wildman–Crippen LogP) is 5.53. The van der Waals surface area contributed by atoms with Crippen LogP contribution in [0.15, 0.2) is 23.8 Å². The van der Waals surface area contributed by atoms with Gasteiger partial charge in [0, 0.05) is 22.3 Å². The first-order valence-corrected chi connectivity index (χ1v) is 9.48. The molecule has 0 aliphatic heterocycles. The van der Waals surface area contributed by atoms with E-state index in [1.807, 2.05) is 26.8 Å². The van der Waals surface area contributed by atoms with E-state index in [1.165, 1.54) is 0 Å². The Morgan fingerprint density at radius 1 is 1.12 bits per heavy atom. The summed E-state index contributed by atoms with van der Waals surface area (Å²) in [6, 6.07) is 0. The second-order valence-corrected chi connectivity index (χ2v) is 9.64. The summed E-state index contributed by atoms with van der Waals surface area (Å²) >= 11 is 0. The molecule has 0 aromatic carbocycles. The van der Waals surface area contributed by atoms with Gasteiger partial charge in [-0.2, -0.15) is 0 Å². The van der Waals surface area contributed by atoms with Crippen molar-refractivity contribution in [2.75, 3.05) is 0 Å². The molecule has 0 bridgehead atoms. The maximum Gasteiger partial charge on any atom is 0.168 e. The maximum atomic E-state index is 12.9. The van der Waals surface area contributed by atoms with Crippen molar-refractivity contribution in [2.45, 2.75) is 73.6 Å². The quantitative estimate of drug-likeness (QED) is 0.664. The lowest BCUT2D eigenvalue weighted by atomic mass is 9.74. The van der Waals surface area contributed by atoms with Crippen molar-refractivity contribution in [3.8, 4) is 0 Å². The highest BCUT2D eigenvalue weighted by Gasteiger charge is 2.39. The third-order valence-corrected chi connectivity index (χ3v) is 5.60. The van der Waals surface area contributed by atoms with E-state index < -0.39 is 0 Å². The van der Waals surface area contributed by atoms with E-state index in [2.05, 4.69) is 32.9 Å². The number of hydrogen-bond acceptors (Lipinski definition) is 2. The molecule has 0 N–H and O–H groups in total. The molecule has 0 radical (unpaired) electrons. The third-order valence-electron chi connectivity index (χ3n) is 5.60. The van der Waals surface area contributed by atoms with Gasteiger partial charge in [-0.05, 0) is 43.9 Å². The van der Waals surface area contributed by atoms with E-state index in [0.29, 0.717) is 17.6 Å². The first-order chi connectivity index (χ1) is 11.0. The molecule has 2 rings (SSSR count). The van der Waals surface area contributed by atoms with Gasteiger partial charge >= 0.3 is 0 Å². The molecule has 2 aliphatic rings. The topological polar surface area (TPSA) is 34.1 Å². The molecular formula is C22H34O2. The standard InChI is InChI=1S/C22H34O2/c1-15-8-7-9-17(12-15)20(24)22(5,6)14-16-10-11-18(13-16)19(23)21(2,3)4/h7,9,12,15-16,18H,8,10-11,13-14H2,1-6H3. The van der Waals surface area contributed by atoms with Crippen LogP contribution >= 0.6 is 0 Å². The Bertz CT molecular complexity index is 557. The first-order valence-electron chi connectivity index (χ1n) is 9.48. The van der Waals surface area contributed by atoms with E-state index >= 15 is 0 Å². The van der Waals surface area contributed by atoms with Crippen LogP contribution in [0.1, 0.15) is 73.6 Å². The zero-order valence-electron chi connectivity index (χ0n) is 16.3. The molecule has 0 amide bonds. The Balaban J connectivity index is 1.99. The zero-order valence-corrected chi connectivity index (χ0v) is 16.3. The zero-order chi connectivity index (χ0) is 18.1. The third kappa shape index (κ3) is 4.46. The SMILES string of the molecule is CC1C=C(C(=O)C(C)(C)CC2CCC(C(=O)C(C)(C)C)C2)C=CC1. The van der Waals surface area contributed by atoms with Crippen LogP contribution in [0.2, 0.25) is 0 Å². The van der Waals surface area contributed by atoms with Crippen LogP contribution in [-0.4, -0.2) is 11.6 Å². The fourth-order valence-electron chi connectivity index (χ4n) is 4.31. The number of ketones is 2. The van der Waals surface area contributed by atoms with E-state index in [1.54, 1.807) is 0 Å². The smallest absolute Gasteiger partial charge is 0.168 e. The van der Waals surface area contributed by atoms with Gasteiger partial charge in [-0.15, -0.1) is 0 Å². The molecule has 0 heterocycles. The Hall–Kier alpha value is -1.18. The average Bonchev–Trinajstić information content (AvgIpc) is 2.92. The highest BCUT2D eigenvalue weighted by atomic mass is 16.1. The van der Waals surface area contributed by atoms with Gasteiger partial charge in [0.05, 0.1) is 0 Å². The lowest BCUT2D eigenvalue weighted by molar-refractivity contribution is -0.130. The second-order valence-electron chi connectivity index (χ2n) is 9.64. The Morgan fingerprint density at radius 2 is 1.79 bits per heavy atom. The molecule has 2 nitrogen and oxygen atoms in total. The fraction of sp³-hybridized carbons (Fsp3) is 0.727. The van der Waals surface area contributed by atoms with Crippen LogP contribution in [0.4, 0.5) is 0 Å². The number of Topliss-reactive ketones (excluding diaryl/α,β-unsaturated/α-hetero) is 2. The summed E-state index contributed by atoms with van der Waals surface area (Å²) in [4.78, 5) is 25.5. The lowest BCUT2D eigenvalue weighted by Gasteiger charge is -2.28. The van der Waals surface area contributed by atoms with E-state index in [0.717, 1.165) is 37.7 Å². The summed E-state index contributed by atoms with van der Waals surface area (Å²) in [5.41, 5.74) is 0.273. The molecule has 0 saturated heterocycles. The molecule has 2 heteroatoms. The summed E-state index contributed by atoms with van der Waals surface area (Å²) in [7, 11) is 0. The molecule has 0 aromatic heterocycles. The fourth-order valence-corrected chi connectivity index (χ4v) is 4.31. The normalized spacial score (nSPS) is 27.9. The molecular weight excluding hydrogens is 296 g/mol. The molecule has 3 atom stereocenters. The van der Waals surface area contributed by atoms with Crippen LogP contribution in [0, 0.1) is 28.6 Å². The number of allylic oxidation sites excluding steroid dienone is 4. The molecule has 0 spiro atoms. The molecule has 1 saturated carbocycles. The molecule has 2 aliphatic carbocycles. The van der Waals surface area contributed by atoms with Crippen molar-refractivity contribution >= 4 is 11.6 Å². The Labute approximate surface area is 147 Å². The first kappa shape index (κ1) is 19.1. The summed E-state index contributed by atoms with van der Waals surface area (Å²) in [5.74, 6) is 1.78. The van der Waals surface area contributed by atoms with Crippen LogP contribution in [-0.2, 0) is 9.59 Å². The number of carbonyl (C=O) groups is 2. The second kappa shape index (κ2) is 6.98. The molecule has 1 fully saturated rings. The van der Waals surface area contributed by atoms with Crippen molar-refractivity contribution in [1.29, 1.82) is 0 Å². The van der Waals surface area contributed by atoms with Gasteiger partial charge in [0.25, 0.3) is 0 Å². The van der Waals surface area contributed by atoms with Crippen molar-refractivity contribution < 1.29 is 9.59 Å². The van der Waals surface area contributed by atoms with Crippen LogP contribution in [0.3, 0.4) is 0 Å². The monoisotopic (exact) mass is 330 g/mol. The van der Waals surface area contributed by atoms with Gasteiger partial charge < -0.3 is 0 Å². The van der Waals surface area contributed by atoms with Crippen LogP contribution in [0.25, 0.3) is 0 Å². The summed E-state index contributed by atoms with van der Waals surface area (Å²) in [5, 5.41) is 0. The summed E-state index contributed by atoms with van der Waals surface area (Å²) < 4.78 is 0. The molecule has 0 aromatic rings. The van der Waals surface area contributed by atoms with Crippen LogP contribution < -0.4 is 0 Å². The highest BCUT2D eigenvalue weighted by Crippen LogP contribution is 2.42. The minimum atomic E-state index is -0.350. The summed E-state index contributed by atoms with van der Waals surface area (Å²) in [6.45, 7) is 12.3. The lowest BCUT2D eigenvalue weighted by Crippen LogP contribution is -2.29. The Morgan fingerprint density at radius 3 is 2.38 bits per heavy atom. The van der Waals surface area contributed by atoms with E-state index in [4.69, 9.17) is 0 Å². The van der Waals surface area contributed by atoms with Gasteiger partial charge in [0.1, 0.15) is 5.78 Å². The molecule has 24 heavy (non-hydrogen) atoms. The largest absolute Gasteiger partial charge is 0.299 e. The predicted molar refractivity (Wildman–Crippen MR) is 99.7 cm³/mol. The Kier molecular flexibility index (Phi) is 5.57. The molecule has 3 unspecified atom stereocenters. The van der Waals surface area contributed by atoms with Gasteiger partial charge in [0.15, 0.2) is 5.78 Å². The number of carbonyl (C=O) groups excluding carboxylic acids is 2. The van der Waals surface area contributed by atoms with Gasteiger partial charge in [0.2, 0.25) is 0 Å². The maximum absolute atomic E-state index is 12.9. The minimum Gasteiger partial charge on any atom is -0.299 e. The van der Waals surface area contributed by atoms with Crippen molar-refractivity contribution in [3.63, 3.8) is 0 Å². The minimum absolute atomic E-state index is 0.190. The van der Waals surface area contributed by atoms with Crippen LogP contribution in [0.5, 0.6) is 0 Å². The summed E-state index contributed by atoms with van der Waals surface area (Å²) in [6.07, 6.45) is 11.2. The van der Waals surface area contributed by atoms with Gasteiger partial charge in [-0.1, -0.05) is 59.8 Å². The number of hydrogen-bond donors (Lipinski definition) is 0. The number of rotatable bonds is 5. The molecule has 134 valence electrons. The van der Waals surface area contributed by atoms with Gasteiger partial charge in [-0.3, -0.25) is 9.59 Å². The highest BCUT2D eigenvalue weighted by molar-refractivity contribution is 6.02. The van der Waals surface area contributed by atoms with E-state index in [9.17, 15) is 9.59 Å². The van der Waals surface area contributed by atoms with E-state index in [-0.39, 0.29) is 22.5 Å². The van der Waals surface area contributed by atoms with Crippen molar-refractivity contribution in [1.82, 2.24) is 0 Å².